The van der Waals surface area contributed by atoms with Crippen molar-refractivity contribution in [2.75, 3.05) is 31.1 Å². The molecule has 192 valence electrons. The van der Waals surface area contributed by atoms with Crippen LogP contribution in [0.3, 0.4) is 0 Å². The van der Waals surface area contributed by atoms with Gasteiger partial charge in [-0.1, -0.05) is 75.7 Å². The fourth-order valence-electron chi connectivity index (χ4n) is 5.29. The van der Waals surface area contributed by atoms with Crippen molar-refractivity contribution < 1.29 is 4.79 Å². The second-order valence-electron chi connectivity index (χ2n) is 9.91. The maximum atomic E-state index is 13.4. The van der Waals surface area contributed by atoms with E-state index in [0.717, 1.165) is 66.3 Å². The summed E-state index contributed by atoms with van der Waals surface area (Å²) in [5.41, 5.74) is 2.92. The molecule has 1 saturated heterocycles. The topological polar surface area (TPSA) is 67.2 Å². The molecule has 7 heteroatoms. The van der Waals surface area contributed by atoms with E-state index in [-0.39, 0.29) is 17.7 Å². The second kappa shape index (κ2) is 11.1. The Bertz CT molecular complexity index is 1330. The molecule has 2 aromatic carbocycles. The van der Waals surface area contributed by atoms with E-state index >= 15 is 0 Å². The molecule has 1 fully saturated rings. The molecule has 1 aliphatic rings. The molecule has 0 spiro atoms. The van der Waals surface area contributed by atoms with Gasteiger partial charge in [-0.15, -0.1) is 0 Å². The van der Waals surface area contributed by atoms with E-state index in [0.29, 0.717) is 13.1 Å². The van der Waals surface area contributed by atoms with Crippen LogP contribution in [-0.2, 0) is 4.79 Å². The van der Waals surface area contributed by atoms with Crippen LogP contribution >= 0.6 is 0 Å². The van der Waals surface area contributed by atoms with Gasteiger partial charge in [-0.25, -0.2) is 14.6 Å². The average Bonchev–Trinajstić information content (AvgIpc) is 3.38. The third kappa shape index (κ3) is 5.08. The number of para-hydroxylation sites is 1. The van der Waals surface area contributed by atoms with Crippen molar-refractivity contribution in [3.05, 3.63) is 78.2 Å². The minimum absolute atomic E-state index is 0.0934. The summed E-state index contributed by atoms with van der Waals surface area (Å²) in [6.45, 7) is 9.32. The Morgan fingerprint density at radius 1 is 0.919 bits per heavy atom. The van der Waals surface area contributed by atoms with Crippen molar-refractivity contribution in [3.8, 4) is 5.69 Å². The van der Waals surface area contributed by atoms with Gasteiger partial charge < -0.3 is 9.80 Å². The second-order valence-corrected chi connectivity index (χ2v) is 9.91. The first-order valence-corrected chi connectivity index (χ1v) is 13.5. The predicted octanol–water partition coefficient (Wildman–Crippen LogP) is 5.56. The van der Waals surface area contributed by atoms with Crippen LogP contribution in [0.15, 0.2) is 66.9 Å². The number of rotatable bonds is 8. The highest BCUT2D eigenvalue weighted by Crippen LogP contribution is 2.30. The molecule has 5 rings (SSSR count). The first-order valence-electron chi connectivity index (χ1n) is 13.5. The number of amides is 1. The van der Waals surface area contributed by atoms with E-state index in [2.05, 4.69) is 37.8 Å². The number of piperazine rings is 1. The van der Waals surface area contributed by atoms with E-state index in [1.54, 1.807) is 0 Å². The van der Waals surface area contributed by atoms with Gasteiger partial charge in [-0.3, -0.25) is 4.79 Å². The Hall–Kier alpha value is -3.74. The molecule has 2 aromatic heterocycles. The van der Waals surface area contributed by atoms with E-state index in [1.165, 1.54) is 0 Å². The number of nitrogens with zero attached hydrogens (tertiary/aromatic N) is 6. The molecule has 7 nitrogen and oxygen atoms in total. The number of benzene rings is 2. The van der Waals surface area contributed by atoms with Gasteiger partial charge in [0.25, 0.3) is 0 Å². The van der Waals surface area contributed by atoms with Crippen LogP contribution in [0.2, 0.25) is 0 Å². The first kappa shape index (κ1) is 24.9. The van der Waals surface area contributed by atoms with Crippen molar-refractivity contribution in [1.82, 2.24) is 24.6 Å². The highest BCUT2D eigenvalue weighted by Gasteiger charge is 2.29. The van der Waals surface area contributed by atoms with Gasteiger partial charge in [-0.2, -0.15) is 5.10 Å². The molecule has 0 bridgehead atoms. The monoisotopic (exact) mass is 496 g/mol. The quantitative estimate of drug-likeness (QED) is 0.319. The van der Waals surface area contributed by atoms with Gasteiger partial charge in [0.2, 0.25) is 5.91 Å². The lowest BCUT2D eigenvalue weighted by Crippen LogP contribution is -2.50. The zero-order valence-electron chi connectivity index (χ0n) is 22.0. The van der Waals surface area contributed by atoms with Gasteiger partial charge in [-0.05, 0) is 30.5 Å². The average molecular weight is 497 g/mol. The summed E-state index contributed by atoms with van der Waals surface area (Å²) < 4.78 is 1.91. The zero-order valence-corrected chi connectivity index (χ0v) is 22.0. The van der Waals surface area contributed by atoms with Crippen molar-refractivity contribution in [1.29, 1.82) is 0 Å². The van der Waals surface area contributed by atoms with Crippen LogP contribution in [-0.4, -0.2) is 56.7 Å². The third-order valence-corrected chi connectivity index (χ3v) is 7.39. The summed E-state index contributed by atoms with van der Waals surface area (Å²) in [6, 6.07) is 20.3. The highest BCUT2D eigenvalue weighted by molar-refractivity contribution is 5.88. The van der Waals surface area contributed by atoms with E-state index in [9.17, 15) is 4.79 Å². The number of carbonyl (C=O) groups is 1. The SMILES string of the molecule is CCC[C@H](C)c1nc(N2CCN(C(=O)[C@@H](CC)c3ccccc3)CC2)c2cnn(-c3ccccc3)c2n1. The molecule has 0 saturated carbocycles. The van der Waals surface area contributed by atoms with Crippen LogP contribution in [0.25, 0.3) is 16.7 Å². The summed E-state index contributed by atoms with van der Waals surface area (Å²) in [5, 5.41) is 5.65. The molecular formula is C30H36N6O. The fraction of sp³-hybridized carbons (Fsp3) is 0.400. The Kier molecular flexibility index (Phi) is 7.49. The molecule has 0 radical (unpaired) electrons. The summed E-state index contributed by atoms with van der Waals surface area (Å²) in [7, 11) is 0. The Morgan fingerprint density at radius 2 is 1.59 bits per heavy atom. The van der Waals surface area contributed by atoms with Crippen molar-refractivity contribution in [2.45, 2.75) is 51.9 Å². The van der Waals surface area contributed by atoms with Crippen molar-refractivity contribution >= 4 is 22.8 Å². The largest absolute Gasteiger partial charge is 0.352 e. The lowest BCUT2D eigenvalue weighted by Gasteiger charge is -2.37. The minimum atomic E-state index is -0.0934. The van der Waals surface area contributed by atoms with E-state index in [1.807, 2.05) is 64.3 Å². The van der Waals surface area contributed by atoms with Gasteiger partial charge in [0.05, 0.1) is 23.2 Å². The van der Waals surface area contributed by atoms with Crippen LogP contribution in [0.4, 0.5) is 5.82 Å². The Labute approximate surface area is 219 Å². The van der Waals surface area contributed by atoms with Gasteiger partial charge in [0, 0.05) is 32.1 Å². The maximum absolute atomic E-state index is 13.4. The van der Waals surface area contributed by atoms with Gasteiger partial charge >= 0.3 is 0 Å². The number of anilines is 1. The smallest absolute Gasteiger partial charge is 0.230 e. The summed E-state index contributed by atoms with van der Waals surface area (Å²) in [6.07, 6.45) is 4.79. The minimum Gasteiger partial charge on any atom is -0.352 e. The lowest BCUT2D eigenvalue weighted by atomic mass is 9.95. The first-order chi connectivity index (χ1) is 18.1. The molecule has 0 aliphatic carbocycles. The van der Waals surface area contributed by atoms with Crippen molar-refractivity contribution in [2.24, 2.45) is 0 Å². The van der Waals surface area contributed by atoms with Gasteiger partial charge in [0.15, 0.2) is 5.65 Å². The standard InChI is InChI=1S/C30H36N6O/c1-4-12-22(3)27-32-28(26-21-31-36(29(26)33-27)24-15-10-7-11-16-24)34-17-19-35(20-18-34)30(37)25(5-2)23-13-8-6-9-14-23/h6-11,13-16,21-22,25H,4-5,12,17-20H2,1-3H3/t22-,25-/m0/s1. The zero-order chi connectivity index (χ0) is 25.8. The molecular weight excluding hydrogens is 460 g/mol. The van der Waals surface area contributed by atoms with Gasteiger partial charge in [0.1, 0.15) is 11.6 Å². The lowest BCUT2D eigenvalue weighted by molar-refractivity contribution is -0.133. The van der Waals surface area contributed by atoms with Crippen LogP contribution in [0.5, 0.6) is 0 Å². The Balaban J connectivity index is 1.42. The van der Waals surface area contributed by atoms with Crippen LogP contribution in [0.1, 0.15) is 63.3 Å². The summed E-state index contributed by atoms with van der Waals surface area (Å²) >= 11 is 0. The van der Waals surface area contributed by atoms with E-state index in [4.69, 9.17) is 15.1 Å². The molecule has 37 heavy (non-hydrogen) atoms. The number of hydrogen-bond acceptors (Lipinski definition) is 5. The molecule has 0 unspecified atom stereocenters. The fourth-order valence-corrected chi connectivity index (χ4v) is 5.29. The molecule has 3 heterocycles. The Morgan fingerprint density at radius 3 is 2.24 bits per heavy atom. The molecule has 0 N–H and O–H groups in total. The summed E-state index contributed by atoms with van der Waals surface area (Å²) in [4.78, 5) is 27.8. The molecule has 2 atom stereocenters. The van der Waals surface area contributed by atoms with E-state index < -0.39 is 0 Å². The normalized spacial score (nSPS) is 15.6. The number of fused-ring (bicyclic) bond motifs is 1. The number of aromatic nitrogens is 4. The number of hydrogen-bond donors (Lipinski definition) is 0. The van der Waals surface area contributed by atoms with Crippen LogP contribution in [0, 0.1) is 0 Å². The van der Waals surface area contributed by atoms with Crippen molar-refractivity contribution in [3.63, 3.8) is 0 Å². The summed E-state index contributed by atoms with van der Waals surface area (Å²) in [5.74, 6) is 2.16. The molecule has 1 amide bonds. The predicted molar refractivity (Wildman–Crippen MR) is 148 cm³/mol. The number of carbonyl (C=O) groups excluding carboxylic acids is 1. The highest BCUT2D eigenvalue weighted by atomic mass is 16.2. The maximum Gasteiger partial charge on any atom is 0.230 e. The van der Waals surface area contributed by atoms with Crippen LogP contribution < -0.4 is 4.90 Å². The molecule has 1 aliphatic heterocycles. The third-order valence-electron chi connectivity index (χ3n) is 7.39. The molecule has 4 aromatic rings.